The van der Waals surface area contributed by atoms with Crippen LogP contribution in [-0.4, -0.2) is 12.6 Å². The molecule has 2 nitrogen and oxygen atoms in total. The van der Waals surface area contributed by atoms with E-state index in [-0.39, 0.29) is 5.48 Å². The summed E-state index contributed by atoms with van der Waals surface area (Å²) in [6.45, 7) is 1.71. The summed E-state index contributed by atoms with van der Waals surface area (Å²) in [5.74, 6) is 12.9. The lowest BCUT2D eigenvalue weighted by Gasteiger charge is -1.93. The fourth-order valence-electron chi connectivity index (χ4n) is 0.686. The van der Waals surface area contributed by atoms with Crippen molar-refractivity contribution < 1.29 is 10.2 Å². The quantitative estimate of drug-likeness (QED) is 0.653. The van der Waals surface area contributed by atoms with Crippen LogP contribution in [0.3, 0.4) is 0 Å². The molecule has 0 radical (unpaired) electrons. The standard InChI is InChI=1S/C7H8O.C7H4.H2O/c1-8-7-5-3-2-4-6-7;1-3-5-7-6-4-2;/h2-6H,1H3;1H,2H3;1H2. The molecule has 0 spiro atoms. The largest absolute Gasteiger partial charge is 0.497 e. The van der Waals surface area contributed by atoms with Crippen molar-refractivity contribution in [3.63, 3.8) is 0 Å². The first-order chi connectivity index (χ1) is 7.35. The number of rotatable bonds is 1. The monoisotopic (exact) mass is 214 g/mol. The van der Waals surface area contributed by atoms with Gasteiger partial charge in [-0.15, -0.1) is 6.42 Å². The van der Waals surface area contributed by atoms with E-state index in [2.05, 4.69) is 29.6 Å². The van der Waals surface area contributed by atoms with Crippen LogP contribution in [0.25, 0.3) is 0 Å². The van der Waals surface area contributed by atoms with Gasteiger partial charge in [-0.2, -0.15) is 0 Å². The molecule has 0 aliphatic rings. The summed E-state index contributed by atoms with van der Waals surface area (Å²) in [5, 5.41) is 0. The van der Waals surface area contributed by atoms with Gasteiger partial charge < -0.3 is 10.2 Å². The predicted molar refractivity (Wildman–Crippen MR) is 66.7 cm³/mol. The molecular formula is C14H14O2. The lowest BCUT2D eigenvalue weighted by Crippen LogP contribution is -1.78. The minimum atomic E-state index is 0. The number of methoxy groups -OCH3 is 1. The number of para-hydroxylation sites is 1. The van der Waals surface area contributed by atoms with Gasteiger partial charge in [-0.25, -0.2) is 0 Å². The maximum atomic E-state index is 4.91. The molecule has 0 saturated carbocycles. The first-order valence-electron chi connectivity index (χ1n) is 4.31. The van der Waals surface area contributed by atoms with Crippen molar-refractivity contribution in [2.45, 2.75) is 6.92 Å². The first-order valence-corrected chi connectivity index (χ1v) is 4.31. The summed E-state index contributed by atoms with van der Waals surface area (Å²) in [6, 6.07) is 9.68. The van der Waals surface area contributed by atoms with Crippen LogP contribution in [0.15, 0.2) is 30.3 Å². The summed E-state index contributed by atoms with van der Waals surface area (Å²) in [5.41, 5.74) is 0. The number of hydrogen-bond donors (Lipinski definition) is 0. The molecule has 0 bridgehead atoms. The van der Waals surface area contributed by atoms with Gasteiger partial charge in [0, 0.05) is 0 Å². The van der Waals surface area contributed by atoms with Gasteiger partial charge >= 0.3 is 0 Å². The molecule has 1 aromatic rings. The third-order valence-electron chi connectivity index (χ3n) is 1.30. The second-order valence-corrected chi connectivity index (χ2v) is 2.29. The molecule has 0 aliphatic heterocycles. The second kappa shape index (κ2) is 12.7. The van der Waals surface area contributed by atoms with Crippen LogP contribution in [0.5, 0.6) is 5.75 Å². The van der Waals surface area contributed by atoms with Crippen LogP contribution in [0, 0.1) is 36.0 Å². The maximum absolute atomic E-state index is 4.91. The SMILES string of the molecule is C#CC#CC#CC.COc1ccccc1.O. The molecule has 0 heterocycles. The average Bonchev–Trinajstić information content (AvgIpc) is 2.32. The number of ether oxygens (including phenoxy) is 1. The molecule has 1 aromatic carbocycles. The number of hydrogen-bond acceptors (Lipinski definition) is 1. The smallest absolute Gasteiger partial charge is 0.118 e. The molecular weight excluding hydrogens is 200 g/mol. The average molecular weight is 214 g/mol. The van der Waals surface area contributed by atoms with Crippen LogP contribution in [0.4, 0.5) is 0 Å². The highest BCUT2D eigenvalue weighted by atomic mass is 16.5. The van der Waals surface area contributed by atoms with E-state index in [4.69, 9.17) is 11.2 Å². The zero-order chi connectivity index (χ0) is 11.4. The Kier molecular flexibility index (Phi) is 12.7. The zero-order valence-corrected chi connectivity index (χ0v) is 9.37. The van der Waals surface area contributed by atoms with E-state index >= 15 is 0 Å². The van der Waals surface area contributed by atoms with E-state index in [0.717, 1.165) is 5.75 Å². The minimum absolute atomic E-state index is 0. The summed E-state index contributed by atoms with van der Waals surface area (Å²) >= 11 is 0. The molecule has 82 valence electrons. The maximum Gasteiger partial charge on any atom is 0.118 e. The van der Waals surface area contributed by atoms with Gasteiger partial charge in [0.05, 0.1) is 7.11 Å². The Balaban J connectivity index is 0. The Morgan fingerprint density at radius 1 is 1.06 bits per heavy atom. The number of terminal acetylenes is 1. The third-order valence-corrected chi connectivity index (χ3v) is 1.30. The van der Waals surface area contributed by atoms with Gasteiger partial charge in [0.2, 0.25) is 0 Å². The summed E-state index contributed by atoms with van der Waals surface area (Å²) in [6.07, 6.45) is 4.78. The summed E-state index contributed by atoms with van der Waals surface area (Å²) in [7, 11) is 1.66. The van der Waals surface area contributed by atoms with E-state index in [0.29, 0.717) is 0 Å². The molecule has 0 saturated heterocycles. The van der Waals surface area contributed by atoms with E-state index in [1.54, 1.807) is 14.0 Å². The molecule has 0 fully saturated rings. The van der Waals surface area contributed by atoms with Gasteiger partial charge in [-0.3, -0.25) is 0 Å². The Labute approximate surface area is 96.9 Å². The Hall–Kier alpha value is -2.34. The first kappa shape index (κ1) is 16.1. The van der Waals surface area contributed by atoms with Crippen molar-refractivity contribution in [2.24, 2.45) is 0 Å². The lowest BCUT2D eigenvalue weighted by atomic mass is 10.3. The number of benzene rings is 1. The molecule has 2 heteroatoms. The Morgan fingerprint density at radius 3 is 2.06 bits per heavy atom. The van der Waals surface area contributed by atoms with Gasteiger partial charge in [0.15, 0.2) is 0 Å². The lowest BCUT2D eigenvalue weighted by molar-refractivity contribution is 0.415. The molecule has 0 aromatic heterocycles. The fourth-order valence-corrected chi connectivity index (χ4v) is 0.686. The fraction of sp³-hybridized carbons (Fsp3) is 0.143. The topological polar surface area (TPSA) is 40.7 Å². The third kappa shape index (κ3) is 9.75. The van der Waals surface area contributed by atoms with Gasteiger partial charge in [-0.1, -0.05) is 24.1 Å². The van der Waals surface area contributed by atoms with Crippen molar-refractivity contribution in [1.29, 1.82) is 0 Å². The summed E-state index contributed by atoms with van der Waals surface area (Å²) in [4.78, 5) is 0. The van der Waals surface area contributed by atoms with Crippen molar-refractivity contribution in [3.05, 3.63) is 30.3 Å². The molecule has 0 atom stereocenters. The van der Waals surface area contributed by atoms with Crippen LogP contribution < -0.4 is 4.74 Å². The molecule has 0 unspecified atom stereocenters. The highest BCUT2D eigenvalue weighted by Gasteiger charge is 1.80. The molecule has 0 amide bonds. The zero-order valence-electron chi connectivity index (χ0n) is 9.37. The van der Waals surface area contributed by atoms with E-state index in [1.807, 2.05) is 30.3 Å². The van der Waals surface area contributed by atoms with Crippen molar-refractivity contribution in [1.82, 2.24) is 0 Å². The molecule has 2 N–H and O–H groups in total. The van der Waals surface area contributed by atoms with Crippen molar-refractivity contribution in [3.8, 4) is 41.8 Å². The van der Waals surface area contributed by atoms with Gasteiger partial charge in [0.1, 0.15) is 5.75 Å². The molecule has 16 heavy (non-hydrogen) atoms. The van der Waals surface area contributed by atoms with Gasteiger partial charge in [-0.05, 0) is 42.7 Å². The van der Waals surface area contributed by atoms with Crippen LogP contribution in [0.1, 0.15) is 6.92 Å². The highest BCUT2D eigenvalue weighted by Crippen LogP contribution is 2.05. The van der Waals surface area contributed by atoms with Crippen molar-refractivity contribution in [2.75, 3.05) is 7.11 Å². The van der Waals surface area contributed by atoms with Crippen molar-refractivity contribution >= 4 is 0 Å². The van der Waals surface area contributed by atoms with E-state index < -0.39 is 0 Å². The van der Waals surface area contributed by atoms with E-state index in [9.17, 15) is 0 Å². The van der Waals surface area contributed by atoms with Crippen LogP contribution in [0.2, 0.25) is 0 Å². The predicted octanol–water partition coefficient (Wildman–Crippen LogP) is 1.52. The normalized spacial score (nSPS) is 5.81. The van der Waals surface area contributed by atoms with Crippen LogP contribution in [-0.2, 0) is 0 Å². The highest BCUT2D eigenvalue weighted by molar-refractivity contribution is 5.33. The second-order valence-electron chi connectivity index (χ2n) is 2.29. The summed E-state index contributed by atoms with van der Waals surface area (Å²) < 4.78 is 4.91. The molecule has 0 aliphatic carbocycles. The molecule has 1 rings (SSSR count). The van der Waals surface area contributed by atoms with Gasteiger partial charge in [0.25, 0.3) is 0 Å². The minimum Gasteiger partial charge on any atom is -0.497 e. The van der Waals surface area contributed by atoms with E-state index in [1.165, 1.54) is 0 Å². The Bertz CT molecular complexity index is 419. The van der Waals surface area contributed by atoms with Crippen LogP contribution >= 0.6 is 0 Å². The Morgan fingerprint density at radius 2 is 1.69 bits per heavy atom.